The van der Waals surface area contributed by atoms with Crippen LogP contribution in [0.5, 0.6) is 0 Å². The lowest BCUT2D eigenvalue weighted by atomic mass is 9.68. The quantitative estimate of drug-likeness (QED) is 0.860. The molecule has 1 saturated heterocycles. The van der Waals surface area contributed by atoms with Crippen molar-refractivity contribution in [3.8, 4) is 0 Å². The molecule has 1 aromatic heterocycles. The van der Waals surface area contributed by atoms with Gasteiger partial charge in [0.2, 0.25) is 0 Å². The van der Waals surface area contributed by atoms with Crippen molar-refractivity contribution in [1.29, 1.82) is 0 Å². The molecule has 3 heteroatoms. The summed E-state index contributed by atoms with van der Waals surface area (Å²) in [6.45, 7) is 3.24. The van der Waals surface area contributed by atoms with Crippen molar-refractivity contribution >= 4 is 16.7 Å². The molecule has 2 bridgehead atoms. The lowest BCUT2D eigenvalue weighted by molar-refractivity contribution is 0.0424. The van der Waals surface area contributed by atoms with Crippen LogP contribution in [0.25, 0.3) is 10.9 Å². The summed E-state index contributed by atoms with van der Waals surface area (Å²) in [4.78, 5) is 18.6. The number of para-hydroxylation sites is 1. The zero-order valence-electron chi connectivity index (χ0n) is 12.0. The van der Waals surface area contributed by atoms with Crippen LogP contribution in [-0.2, 0) is 0 Å². The zero-order chi connectivity index (χ0) is 13.9. The Bertz CT molecular complexity index is 687. The Morgan fingerprint density at radius 2 is 2.15 bits per heavy atom. The molecule has 0 radical (unpaired) electrons. The summed E-state index contributed by atoms with van der Waals surface area (Å²) < 4.78 is 0. The van der Waals surface area contributed by atoms with E-state index in [4.69, 9.17) is 0 Å². The molecule has 3 nitrogen and oxygen atoms in total. The fourth-order valence-electron chi connectivity index (χ4n) is 4.36. The number of hydrogen-bond donors (Lipinski definition) is 1. The van der Waals surface area contributed by atoms with E-state index in [0.29, 0.717) is 17.7 Å². The number of Topliss-reactive ketones (excluding diaryl/α,β-unsaturated/α-hetero) is 1. The van der Waals surface area contributed by atoms with Crippen molar-refractivity contribution in [1.82, 2.24) is 9.88 Å². The molecule has 2 heterocycles. The number of ketones is 1. The van der Waals surface area contributed by atoms with E-state index in [1.165, 1.54) is 10.9 Å². The topological polar surface area (TPSA) is 36.1 Å². The number of nitrogens with zero attached hydrogens (tertiary/aromatic N) is 1. The Labute approximate surface area is 119 Å². The molecule has 1 aromatic carbocycles. The van der Waals surface area contributed by atoms with Gasteiger partial charge in [0.05, 0.1) is 5.69 Å². The molecule has 3 atom stereocenters. The van der Waals surface area contributed by atoms with E-state index in [1.807, 2.05) is 6.07 Å². The number of carbonyl (C=O) groups is 1. The maximum absolute atomic E-state index is 12.8. The average Bonchev–Trinajstić information content (AvgIpc) is 2.85. The number of aromatic amines is 1. The van der Waals surface area contributed by atoms with Gasteiger partial charge >= 0.3 is 0 Å². The van der Waals surface area contributed by atoms with Crippen LogP contribution >= 0.6 is 0 Å². The first kappa shape index (κ1) is 12.2. The maximum Gasteiger partial charge on any atom is 0.182 e. The number of piperidine rings is 1. The smallest absolute Gasteiger partial charge is 0.182 e. The van der Waals surface area contributed by atoms with Crippen LogP contribution in [0, 0.1) is 11.8 Å². The first-order valence-electron chi connectivity index (χ1n) is 7.57. The Kier molecular flexibility index (Phi) is 2.55. The highest BCUT2D eigenvalue weighted by molar-refractivity contribution is 6.05. The van der Waals surface area contributed by atoms with E-state index in [-0.39, 0.29) is 5.92 Å². The molecule has 1 aliphatic carbocycles. The lowest BCUT2D eigenvalue weighted by Crippen LogP contribution is -2.47. The molecule has 0 spiro atoms. The van der Waals surface area contributed by atoms with Crippen molar-refractivity contribution < 1.29 is 4.79 Å². The number of aromatic nitrogens is 1. The molecule has 0 saturated carbocycles. The van der Waals surface area contributed by atoms with Gasteiger partial charge < -0.3 is 4.98 Å². The second-order valence-corrected chi connectivity index (χ2v) is 6.22. The van der Waals surface area contributed by atoms with E-state index in [2.05, 4.69) is 42.1 Å². The molecule has 0 amide bonds. The van der Waals surface area contributed by atoms with Crippen molar-refractivity contribution in [2.45, 2.75) is 25.8 Å². The average molecular weight is 268 g/mol. The van der Waals surface area contributed by atoms with Crippen molar-refractivity contribution in [3.05, 3.63) is 35.5 Å². The number of benzene rings is 1. The number of fused-ring (bicyclic) bond motifs is 6. The van der Waals surface area contributed by atoms with Crippen LogP contribution in [-0.4, -0.2) is 29.3 Å². The monoisotopic (exact) mass is 268 g/mol. The Morgan fingerprint density at radius 1 is 1.35 bits per heavy atom. The molecule has 1 aliphatic heterocycles. The second kappa shape index (κ2) is 4.19. The number of likely N-dealkylation sites (tertiary alicyclic amines) is 1. The second-order valence-electron chi connectivity index (χ2n) is 6.22. The predicted octanol–water partition coefficient (Wildman–Crippen LogP) is 3.38. The summed E-state index contributed by atoms with van der Waals surface area (Å²) in [5, 5.41) is 1.23. The number of hydrogen-bond acceptors (Lipinski definition) is 2. The third-order valence-corrected chi connectivity index (χ3v) is 5.29. The zero-order valence-corrected chi connectivity index (χ0v) is 12.0. The van der Waals surface area contributed by atoms with E-state index in [1.54, 1.807) is 0 Å². The van der Waals surface area contributed by atoms with Gasteiger partial charge in [0.1, 0.15) is 0 Å². The third kappa shape index (κ3) is 1.41. The highest BCUT2D eigenvalue weighted by Gasteiger charge is 2.47. The van der Waals surface area contributed by atoms with Gasteiger partial charge in [-0.3, -0.25) is 9.69 Å². The summed E-state index contributed by atoms with van der Waals surface area (Å²) in [7, 11) is 2.20. The predicted molar refractivity (Wildman–Crippen MR) is 79.9 cm³/mol. The number of rotatable bonds is 1. The molecule has 20 heavy (non-hydrogen) atoms. The van der Waals surface area contributed by atoms with Crippen LogP contribution in [0.1, 0.15) is 41.9 Å². The van der Waals surface area contributed by atoms with Crippen molar-refractivity contribution in [3.63, 3.8) is 0 Å². The van der Waals surface area contributed by atoms with Gasteiger partial charge in [0.25, 0.3) is 0 Å². The van der Waals surface area contributed by atoms with Crippen LogP contribution < -0.4 is 0 Å². The third-order valence-electron chi connectivity index (χ3n) is 5.29. The van der Waals surface area contributed by atoms with Crippen LogP contribution in [0.3, 0.4) is 0 Å². The van der Waals surface area contributed by atoms with Crippen LogP contribution in [0.2, 0.25) is 0 Å². The van der Waals surface area contributed by atoms with Crippen molar-refractivity contribution in [2.24, 2.45) is 11.8 Å². The summed E-state index contributed by atoms with van der Waals surface area (Å²) >= 11 is 0. The Morgan fingerprint density at radius 3 is 2.95 bits per heavy atom. The molecule has 2 aromatic rings. The summed E-state index contributed by atoms with van der Waals surface area (Å²) in [6, 6.07) is 8.71. The highest BCUT2D eigenvalue weighted by Crippen LogP contribution is 2.49. The Balaban J connectivity index is 2.03. The maximum atomic E-state index is 12.8. The Hall–Kier alpha value is -1.61. The summed E-state index contributed by atoms with van der Waals surface area (Å²) in [6.07, 6.45) is 2.07. The van der Waals surface area contributed by atoms with Gasteiger partial charge in [-0.25, -0.2) is 0 Å². The molecule has 0 unspecified atom stereocenters. The first-order chi connectivity index (χ1) is 9.72. The van der Waals surface area contributed by atoms with E-state index < -0.39 is 0 Å². The number of carbonyl (C=O) groups excluding carboxylic acids is 1. The fourth-order valence-corrected chi connectivity index (χ4v) is 4.36. The largest absolute Gasteiger partial charge is 0.352 e. The van der Waals surface area contributed by atoms with Gasteiger partial charge in [-0.05, 0) is 32.0 Å². The molecular weight excluding hydrogens is 248 g/mol. The minimum atomic E-state index is 0.210. The van der Waals surface area contributed by atoms with E-state index in [0.717, 1.165) is 30.6 Å². The van der Waals surface area contributed by atoms with Crippen LogP contribution in [0.15, 0.2) is 24.3 Å². The van der Waals surface area contributed by atoms with E-state index >= 15 is 0 Å². The summed E-state index contributed by atoms with van der Waals surface area (Å²) in [5.74, 6) is 1.02. The highest BCUT2D eigenvalue weighted by atomic mass is 16.1. The standard InChI is InChI=1S/C17H20N2O/c1-3-10-11-8-9-19(2)16(10)14-12-6-4-5-7-13(12)18-15(14)17(11)20/h4-7,10-11,16,18H,3,8-9H2,1-2H3/t10-,11+,16-/m1/s1. The number of nitrogens with one attached hydrogen (secondary N) is 1. The van der Waals surface area contributed by atoms with E-state index in [9.17, 15) is 4.79 Å². The molecule has 104 valence electrons. The van der Waals surface area contributed by atoms with Gasteiger partial charge in [-0.1, -0.05) is 31.5 Å². The fraction of sp³-hybridized carbons (Fsp3) is 0.471. The minimum absolute atomic E-state index is 0.210. The first-order valence-corrected chi connectivity index (χ1v) is 7.57. The van der Waals surface area contributed by atoms with Gasteiger partial charge in [-0.15, -0.1) is 0 Å². The minimum Gasteiger partial charge on any atom is -0.352 e. The summed E-state index contributed by atoms with van der Waals surface area (Å²) in [5.41, 5.74) is 3.22. The molecule has 1 N–H and O–H groups in total. The van der Waals surface area contributed by atoms with Crippen molar-refractivity contribution in [2.75, 3.05) is 13.6 Å². The van der Waals surface area contributed by atoms with Crippen LogP contribution in [0.4, 0.5) is 0 Å². The molecular formula is C17H20N2O. The SMILES string of the molecule is CC[C@@H]1[C@@H]2CCN(C)[C@H]1c1c([nH]c3ccccc13)C2=O. The van der Waals surface area contributed by atoms with Gasteiger partial charge in [0.15, 0.2) is 5.78 Å². The number of H-pyrrole nitrogens is 1. The molecule has 2 aliphatic rings. The van der Waals surface area contributed by atoms with Gasteiger partial charge in [-0.2, -0.15) is 0 Å². The normalized spacial score (nSPS) is 29.7. The molecule has 1 fully saturated rings. The van der Waals surface area contributed by atoms with Gasteiger partial charge in [0, 0.05) is 28.4 Å². The lowest BCUT2D eigenvalue weighted by Gasteiger charge is -2.46. The molecule has 4 rings (SSSR count).